The van der Waals surface area contributed by atoms with E-state index < -0.39 is 0 Å². The maximum absolute atomic E-state index is 7.41. The van der Waals surface area contributed by atoms with Gasteiger partial charge in [0.1, 0.15) is 22.3 Å². The second kappa shape index (κ2) is 20.9. The number of hydrogen-bond acceptors (Lipinski definition) is 5. The van der Waals surface area contributed by atoms with Gasteiger partial charge in [0.25, 0.3) is 6.71 Å². The Morgan fingerprint density at radius 1 is 0.356 bits per heavy atom. The molecule has 4 heterocycles. The molecule has 0 saturated heterocycles. The predicted molar refractivity (Wildman–Crippen MR) is 383 cm³/mol. The molecule has 0 atom stereocenters. The zero-order valence-electron chi connectivity index (χ0n) is 52.4. The lowest BCUT2D eigenvalue weighted by Gasteiger charge is -2.42. The van der Waals surface area contributed by atoms with Crippen LogP contribution in [0.3, 0.4) is 0 Å². The first-order chi connectivity index (χ1) is 43.5. The van der Waals surface area contributed by atoms with E-state index in [4.69, 9.17) is 8.83 Å². The molecule has 0 saturated carbocycles. The van der Waals surface area contributed by atoms with Gasteiger partial charge in [-0.1, -0.05) is 238 Å². The molecule has 16 rings (SSSR count). The minimum atomic E-state index is -0.281. The van der Waals surface area contributed by atoms with Gasteiger partial charge in [-0.25, -0.2) is 0 Å². The van der Waals surface area contributed by atoms with Crippen molar-refractivity contribution in [2.75, 3.05) is 9.80 Å². The van der Waals surface area contributed by atoms with E-state index in [0.29, 0.717) is 0 Å². The molecule has 436 valence electrons. The van der Waals surface area contributed by atoms with Crippen LogP contribution in [0, 0.1) is 0 Å². The van der Waals surface area contributed by atoms with Crippen molar-refractivity contribution in [2.45, 2.75) is 88.3 Å². The highest BCUT2D eigenvalue weighted by Gasteiger charge is 2.46. The smallest absolute Gasteiger partial charge is 0.254 e. The number of furan rings is 2. The van der Waals surface area contributed by atoms with Gasteiger partial charge in [-0.3, -0.25) is 0 Å². The lowest BCUT2D eigenvalue weighted by atomic mass is 9.34. The summed E-state index contributed by atoms with van der Waals surface area (Å²) in [6, 6.07) is 94.8. The molecular weight excluding hydrogens is 1110 g/mol. The molecule has 2 aliphatic rings. The first-order valence-electron chi connectivity index (χ1n) is 31.6. The lowest BCUT2D eigenvalue weighted by molar-refractivity contribution is 0.590. The van der Waals surface area contributed by atoms with Crippen molar-refractivity contribution in [1.82, 2.24) is 0 Å². The molecule has 2 aromatic heterocycles. The molecule has 14 aromatic rings. The Hall–Kier alpha value is -9.75. The molecule has 12 aromatic carbocycles. The number of hydrogen-bond donors (Lipinski definition) is 0. The number of para-hydroxylation sites is 2. The summed E-state index contributed by atoms with van der Waals surface area (Å²) in [7, 11) is 0. The van der Waals surface area contributed by atoms with Crippen LogP contribution in [0.4, 0.5) is 34.1 Å². The summed E-state index contributed by atoms with van der Waals surface area (Å²) in [5, 5.41) is 4.34. The Labute approximate surface area is 532 Å². The SMILES string of the molecule is CC(C)(C)c1ccc(N(c2ccc(C(C)(C)C)cc2)c2ccc3c(c2)N(c2ccc(C(C)(C)C)cc2-c2ccccc2)c2cc(-c4cc(-c5ccccc5)cc(-c5ccccc5)c4)cc4c2B3c2c(c3oc5ccccc5c3c3c2oc2ccccc23)S4)cc1. The first-order valence-corrected chi connectivity index (χ1v) is 32.4. The highest BCUT2D eigenvalue weighted by molar-refractivity contribution is 8.00. The van der Waals surface area contributed by atoms with Gasteiger partial charge in [0.15, 0.2) is 0 Å². The fourth-order valence-corrected chi connectivity index (χ4v) is 15.3. The van der Waals surface area contributed by atoms with Crippen molar-refractivity contribution < 1.29 is 8.83 Å². The van der Waals surface area contributed by atoms with E-state index in [1.165, 1.54) is 43.6 Å². The molecule has 0 unspecified atom stereocenters. The van der Waals surface area contributed by atoms with Crippen molar-refractivity contribution in [3.8, 4) is 44.5 Å². The van der Waals surface area contributed by atoms with Gasteiger partial charge >= 0.3 is 0 Å². The minimum absolute atomic E-state index is 0.0199. The Kier molecular flexibility index (Phi) is 12.9. The molecule has 0 aliphatic carbocycles. The zero-order chi connectivity index (χ0) is 61.4. The summed E-state index contributed by atoms with van der Waals surface area (Å²) in [6.45, 7) is 20.4. The van der Waals surface area contributed by atoms with Crippen LogP contribution in [-0.4, -0.2) is 6.71 Å². The highest BCUT2D eigenvalue weighted by Crippen LogP contribution is 2.53. The molecule has 0 bridgehead atoms. The number of nitrogens with zero attached hydrogens (tertiary/aromatic N) is 2. The Morgan fingerprint density at radius 2 is 0.811 bits per heavy atom. The van der Waals surface area contributed by atoms with Crippen molar-refractivity contribution in [2.24, 2.45) is 0 Å². The number of anilines is 6. The Morgan fingerprint density at radius 3 is 1.36 bits per heavy atom. The van der Waals surface area contributed by atoms with Crippen molar-refractivity contribution in [1.29, 1.82) is 0 Å². The monoisotopic (exact) mass is 1180 g/mol. The quantitative estimate of drug-likeness (QED) is 0.142. The summed E-state index contributed by atoms with van der Waals surface area (Å²) in [5.74, 6) is 0. The topological polar surface area (TPSA) is 32.8 Å². The van der Waals surface area contributed by atoms with E-state index in [1.54, 1.807) is 0 Å². The second-order valence-electron chi connectivity index (χ2n) is 27.7. The largest absolute Gasteiger partial charge is 0.457 e. The average molecular weight is 1180 g/mol. The van der Waals surface area contributed by atoms with Crippen LogP contribution >= 0.6 is 11.8 Å². The van der Waals surface area contributed by atoms with Crippen LogP contribution in [0.2, 0.25) is 0 Å². The number of benzene rings is 12. The maximum Gasteiger partial charge on any atom is 0.254 e. The minimum Gasteiger partial charge on any atom is -0.457 e. The Balaban J connectivity index is 1.04. The van der Waals surface area contributed by atoms with E-state index in [9.17, 15) is 0 Å². The second-order valence-corrected chi connectivity index (χ2v) is 28.7. The van der Waals surface area contributed by atoms with Crippen LogP contribution < -0.4 is 26.2 Å². The van der Waals surface area contributed by atoms with Crippen molar-refractivity contribution in [3.05, 3.63) is 271 Å². The molecule has 6 heteroatoms. The van der Waals surface area contributed by atoms with Gasteiger partial charge in [0.05, 0.1) is 10.6 Å². The summed E-state index contributed by atoms with van der Waals surface area (Å²) in [5.41, 5.74) is 26.5. The molecule has 0 amide bonds. The van der Waals surface area contributed by atoms with Gasteiger partial charge < -0.3 is 18.6 Å². The van der Waals surface area contributed by atoms with E-state index in [2.05, 4.69) is 327 Å². The van der Waals surface area contributed by atoms with Gasteiger partial charge in [-0.2, -0.15) is 0 Å². The molecule has 0 N–H and O–H groups in total. The fraction of sp³-hybridized carbons (Fsp3) is 0.143. The predicted octanol–water partition coefficient (Wildman–Crippen LogP) is 22.3. The Bertz CT molecular complexity index is 5030. The van der Waals surface area contributed by atoms with Crippen LogP contribution in [0.1, 0.15) is 79.0 Å². The highest BCUT2D eigenvalue weighted by atomic mass is 32.2. The third-order valence-electron chi connectivity index (χ3n) is 18.8. The molecule has 0 fully saturated rings. The lowest BCUT2D eigenvalue weighted by Crippen LogP contribution is -2.60. The normalized spacial score (nSPS) is 13.1. The number of rotatable bonds is 8. The standard InChI is InChI=1S/C84H69BN2O2S/c1-82(2,3)59-33-38-62(39-34-59)86(63-40-35-60(36-41-63)83(4,5)6)64-42-43-68-70(51-64)87(69-44-37-61(84(7,8)9)50-67(69)54-27-17-12-18-28-54)71-48-58(57-46-55(52-23-13-10-14-24-52)45-56(47-57)53-25-15-11-16-26-53)49-74-77(71)85(68)78-79-75(65-29-19-21-31-72(65)88-79)76-66-30-20-22-32-73(66)89-80(76)81(78)90-74/h10-51H,1-9H3. The van der Waals surface area contributed by atoms with Gasteiger partial charge in [-0.15, -0.1) is 0 Å². The van der Waals surface area contributed by atoms with Gasteiger partial charge in [-0.05, 0) is 179 Å². The van der Waals surface area contributed by atoms with Crippen LogP contribution in [0.25, 0.3) is 88.4 Å². The average Bonchev–Trinajstić information content (AvgIpc) is 1.27. The molecule has 0 spiro atoms. The fourth-order valence-electron chi connectivity index (χ4n) is 14.0. The van der Waals surface area contributed by atoms with Crippen LogP contribution in [0.15, 0.2) is 273 Å². The van der Waals surface area contributed by atoms with E-state index >= 15 is 0 Å². The number of fused-ring (bicyclic) bond motifs is 13. The maximum atomic E-state index is 7.41. The summed E-state index contributed by atoms with van der Waals surface area (Å²) in [4.78, 5) is 7.33. The zero-order valence-corrected chi connectivity index (χ0v) is 53.3. The summed E-state index contributed by atoms with van der Waals surface area (Å²) >= 11 is 1.83. The van der Waals surface area contributed by atoms with E-state index in [-0.39, 0.29) is 23.0 Å². The summed E-state index contributed by atoms with van der Waals surface area (Å²) < 4.78 is 14.7. The molecule has 90 heavy (non-hydrogen) atoms. The summed E-state index contributed by atoms with van der Waals surface area (Å²) in [6.07, 6.45) is 0. The molecule has 2 aliphatic heterocycles. The molecule has 0 radical (unpaired) electrons. The van der Waals surface area contributed by atoms with E-state index in [0.717, 1.165) is 122 Å². The third kappa shape index (κ3) is 9.29. The van der Waals surface area contributed by atoms with Crippen molar-refractivity contribution in [3.63, 3.8) is 0 Å². The van der Waals surface area contributed by atoms with Crippen LogP contribution in [0.5, 0.6) is 0 Å². The van der Waals surface area contributed by atoms with Gasteiger partial charge in [0, 0.05) is 60.4 Å². The van der Waals surface area contributed by atoms with Crippen molar-refractivity contribution >= 4 is 113 Å². The first kappa shape index (κ1) is 55.6. The third-order valence-corrected chi connectivity index (χ3v) is 19.9. The van der Waals surface area contributed by atoms with E-state index in [1.807, 2.05) is 11.8 Å². The van der Waals surface area contributed by atoms with Gasteiger partial charge in [0.2, 0.25) is 0 Å². The van der Waals surface area contributed by atoms with Crippen LogP contribution in [-0.2, 0) is 16.2 Å². The molecular formula is C84H69BN2O2S. The molecule has 4 nitrogen and oxygen atoms in total.